The molecule has 3 rings (SSSR count). The van der Waals surface area contributed by atoms with Crippen molar-refractivity contribution in [1.29, 1.82) is 0 Å². The van der Waals surface area contributed by atoms with Gasteiger partial charge in [0.2, 0.25) is 0 Å². The zero-order valence-electron chi connectivity index (χ0n) is 16.5. The van der Waals surface area contributed by atoms with E-state index in [-0.39, 0.29) is 36.1 Å². The monoisotopic (exact) mass is 529 g/mol. The average Bonchev–Trinajstić information content (AvgIpc) is 3.18. The number of amides is 1. The number of carbonyl (C=O) groups excluding carboxylic acids is 1. The highest BCUT2D eigenvalue weighted by atomic mass is 127. The van der Waals surface area contributed by atoms with Gasteiger partial charge in [0.15, 0.2) is 5.96 Å². The van der Waals surface area contributed by atoms with Gasteiger partial charge in [-0.3, -0.25) is 4.99 Å². The van der Waals surface area contributed by atoms with Gasteiger partial charge >= 0.3 is 6.09 Å². The van der Waals surface area contributed by atoms with E-state index < -0.39 is 0 Å². The summed E-state index contributed by atoms with van der Waals surface area (Å²) in [7, 11) is 0. The Labute approximate surface area is 192 Å². The molecule has 1 amide bonds. The van der Waals surface area contributed by atoms with Crippen LogP contribution in [0.15, 0.2) is 40.7 Å². The average molecular weight is 529 g/mol. The molecule has 1 fully saturated rings. The zero-order valence-corrected chi connectivity index (χ0v) is 19.7. The minimum absolute atomic E-state index is 0. The molecule has 29 heavy (non-hydrogen) atoms. The molecule has 1 aliphatic rings. The van der Waals surface area contributed by atoms with E-state index in [2.05, 4.69) is 32.8 Å². The van der Waals surface area contributed by atoms with E-state index in [4.69, 9.17) is 10.5 Å². The minimum atomic E-state index is -0.235. The number of guanidine groups is 1. The van der Waals surface area contributed by atoms with Gasteiger partial charge in [-0.15, -0.1) is 35.3 Å². The second kappa shape index (κ2) is 12.0. The van der Waals surface area contributed by atoms with Gasteiger partial charge in [0.25, 0.3) is 0 Å². The molecule has 1 aliphatic heterocycles. The largest absolute Gasteiger partial charge is 0.450 e. The van der Waals surface area contributed by atoms with E-state index >= 15 is 0 Å². The Balaban J connectivity index is 0.00000300. The SMILES string of the molecule is CCOC(=O)N1CCC(NC(N)=NCCc2csc(-c3ccccc3)n2)CC1.I. The van der Waals surface area contributed by atoms with Crippen molar-refractivity contribution >= 4 is 47.4 Å². The van der Waals surface area contributed by atoms with Gasteiger partial charge < -0.3 is 20.7 Å². The number of rotatable bonds is 6. The van der Waals surface area contributed by atoms with Crippen molar-refractivity contribution in [1.82, 2.24) is 15.2 Å². The van der Waals surface area contributed by atoms with Crippen LogP contribution >= 0.6 is 35.3 Å². The lowest BCUT2D eigenvalue weighted by atomic mass is 10.1. The van der Waals surface area contributed by atoms with Crippen molar-refractivity contribution in [3.05, 3.63) is 41.4 Å². The molecule has 0 unspecified atom stereocenters. The second-order valence-corrected chi connectivity index (χ2v) is 7.49. The third kappa shape index (κ3) is 7.14. The normalized spacial score (nSPS) is 14.9. The van der Waals surface area contributed by atoms with Crippen LogP contribution in [-0.2, 0) is 11.2 Å². The second-order valence-electron chi connectivity index (χ2n) is 6.63. The third-order valence-electron chi connectivity index (χ3n) is 4.60. The van der Waals surface area contributed by atoms with Gasteiger partial charge in [0, 0.05) is 43.0 Å². The third-order valence-corrected chi connectivity index (χ3v) is 5.54. The minimum Gasteiger partial charge on any atom is -0.450 e. The maximum absolute atomic E-state index is 11.7. The number of carbonyl (C=O) groups is 1. The lowest BCUT2D eigenvalue weighted by molar-refractivity contribution is 0.0963. The topological polar surface area (TPSA) is 92.8 Å². The first-order valence-electron chi connectivity index (χ1n) is 9.63. The molecule has 2 heterocycles. The number of nitrogens with two attached hydrogens (primary N) is 1. The summed E-state index contributed by atoms with van der Waals surface area (Å²) < 4.78 is 5.04. The van der Waals surface area contributed by atoms with Crippen molar-refractivity contribution in [2.45, 2.75) is 32.2 Å². The van der Waals surface area contributed by atoms with Gasteiger partial charge in [0.05, 0.1) is 12.3 Å². The molecule has 2 aromatic rings. The Morgan fingerprint density at radius 3 is 2.76 bits per heavy atom. The van der Waals surface area contributed by atoms with Crippen molar-refractivity contribution in [2.24, 2.45) is 10.7 Å². The van der Waals surface area contributed by atoms with Crippen LogP contribution in [0.4, 0.5) is 4.79 Å². The molecule has 158 valence electrons. The maximum atomic E-state index is 11.7. The Kier molecular flexibility index (Phi) is 9.65. The Morgan fingerprint density at radius 1 is 1.34 bits per heavy atom. The predicted octanol–water partition coefficient (Wildman–Crippen LogP) is 3.50. The van der Waals surface area contributed by atoms with Crippen LogP contribution in [0, 0.1) is 0 Å². The highest BCUT2D eigenvalue weighted by Crippen LogP contribution is 2.23. The number of aliphatic imine (C=N–C) groups is 1. The zero-order chi connectivity index (χ0) is 19.8. The van der Waals surface area contributed by atoms with Crippen LogP contribution in [0.1, 0.15) is 25.5 Å². The molecular weight excluding hydrogens is 501 g/mol. The Hall–Kier alpha value is -1.88. The predicted molar refractivity (Wildman–Crippen MR) is 128 cm³/mol. The van der Waals surface area contributed by atoms with Crippen molar-refractivity contribution in [2.75, 3.05) is 26.2 Å². The first-order chi connectivity index (χ1) is 13.7. The number of hydrogen-bond donors (Lipinski definition) is 2. The fourth-order valence-corrected chi connectivity index (χ4v) is 3.96. The molecule has 1 aromatic heterocycles. The van der Waals surface area contributed by atoms with Gasteiger partial charge in [-0.05, 0) is 19.8 Å². The van der Waals surface area contributed by atoms with Crippen LogP contribution in [0.2, 0.25) is 0 Å². The fraction of sp³-hybridized carbons (Fsp3) is 0.450. The molecule has 0 atom stereocenters. The van der Waals surface area contributed by atoms with E-state index in [1.807, 2.05) is 25.1 Å². The summed E-state index contributed by atoms with van der Waals surface area (Å²) in [6, 6.07) is 10.4. The van der Waals surface area contributed by atoms with Crippen LogP contribution in [-0.4, -0.2) is 54.2 Å². The molecule has 0 saturated carbocycles. The molecule has 0 radical (unpaired) electrons. The smallest absolute Gasteiger partial charge is 0.409 e. The van der Waals surface area contributed by atoms with Gasteiger partial charge in [-0.2, -0.15) is 0 Å². The summed E-state index contributed by atoms with van der Waals surface area (Å²) in [4.78, 5) is 22.6. The van der Waals surface area contributed by atoms with E-state index in [0.717, 1.165) is 35.5 Å². The molecular formula is C20H28IN5O2S. The summed E-state index contributed by atoms with van der Waals surface area (Å²) >= 11 is 1.65. The summed E-state index contributed by atoms with van der Waals surface area (Å²) in [6.07, 6.45) is 2.19. The van der Waals surface area contributed by atoms with Crippen LogP contribution in [0.25, 0.3) is 10.6 Å². The molecule has 7 nitrogen and oxygen atoms in total. The number of likely N-dealkylation sites (tertiary alicyclic amines) is 1. The lowest BCUT2D eigenvalue weighted by Gasteiger charge is -2.31. The first-order valence-corrected chi connectivity index (χ1v) is 10.5. The van der Waals surface area contributed by atoms with E-state index in [0.29, 0.717) is 32.2 Å². The molecule has 1 saturated heterocycles. The Morgan fingerprint density at radius 2 is 2.07 bits per heavy atom. The number of benzene rings is 1. The summed E-state index contributed by atoms with van der Waals surface area (Å²) in [6.45, 7) is 4.16. The number of hydrogen-bond acceptors (Lipinski definition) is 5. The molecule has 0 bridgehead atoms. The maximum Gasteiger partial charge on any atom is 0.409 e. The standard InChI is InChI=1S/C20H27N5O2S.HI/c1-2-27-20(26)25-12-9-16(10-13-25)24-19(21)22-11-8-17-14-28-18(23-17)15-6-4-3-5-7-15;/h3-7,14,16H,2,8-13H2,1H3,(H3,21,22,24);1H. The van der Waals surface area contributed by atoms with Gasteiger partial charge in [-0.1, -0.05) is 30.3 Å². The van der Waals surface area contributed by atoms with Crippen LogP contribution in [0.5, 0.6) is 0 Å². The lowest BCUT2D eigenvalue weighted by Crippen LogP contribution is -2.48. The molecule has 0 aliphatic carbocycles. The number of halogens is 1. The van der Waals surface area contributed by atoms with Crippen molar-refractivity contribution < 1.29 is 9.53 Å². The molecule has 9 heteroatoms. The summed E-state index contributed by atoms with van der Waals surface area (Å²) in [5.41, 5.74) is 8.19. The number of nitrogens with zero attached hydrogens (tertiary/aromatic N) is 3. The van der Waals surface area contributed by atoms with E-state index in [1.54, 1.807) is 16.2 Å². The van der Waals surface area contributed by atoms with Crippen molar-refractivity contribution in [3.63, 3.8) is 0 Å². The van der Waals surface area contributed by atoms with Crippen molar-refractivity contribution in [3.8, 4) is 10.6 Å². The number of thiazole rings is 1. The first kappa shape index (κ1) is 23.4. The number of nitrogens with one attached hydrogen (secondary N) is 1. The van der Waals surface area contributed by atoms with Gasteiger partial charge in [-0.25, -0.2) is 9.78 Å². The molecule has 3 N–H and O–H groups in total. The summed E-state index contributed by atoms with van der Waals surface area (Å²) in [5.74, 6) is 0.452. The van der Waals surface area contributed by atoms with E-state index in [1.165, 1.54) is 0 Å². The molecule has 0 spiro atoms. The molecule has 1 aromatic carbocycles. The van der Waals surface area contributed by atoms with Crippen LogP contribution in [0.3, 0.4) is 0 Å². The fourth-order valence-electron chi connectivity index (χ4n) is 3.10. The Bertz CT molecular complexity index is 791. The highest BCUT2D eigenvalue weighted by molar-refractivity contribution is 14.0. The van der Waals surface area contributed by atoms with Gasteiger partial charge in [0.1, 0.15) is 5.01 Å². The summed E-state index contributed by atoms with van der Waals surface area (Å²) in [5, 5.41) is 6.36. The highest BCUT2D eigenvalue weighted by Gasteiger charge is 2.23. The van der Waals surface area contributed by atoms with E-state index in [9.17, 15) is 4.79 Å². The number of ether oxygens (including phenoxy) is 1. The number of piperidine rings is 1. The van der Waals surface area contributed by atoms with Crippen LogP contribution < -0.4 is 11.1 Å². The number of aromatic nitrogens is 1. The quantitative estimate of drug-likeness (QED) is 0.340.